The number of aliphatic hydroxyl groups is 1. The molecule has 0 spiro atoms. The monoisotopic (exact) mass is 408 g/mol. The second-order valence-corrected chi connectivity index (χ2v) is 6.66. The van der Waals surface area contributed by atoms with Gasteiger partial charge in [0.2, 0.25) is 5.95 Å². The van der Waals surface area contributed by atoms with Crippen LogP contribution in [-0.2, 0) is 6.18 Å². The van der Waals surface area contributed by atoms with Gasteiger partial charge in [0.05, 0.1) is 17.9 Å². The smallest absolute Gasteiger partial charge is 0.389 e. The third-order valence-corrected chi connectivity index (χ3v) is 4.71. The Hall–Kier alpha value is -2.41. The largest absolute Gasteiger partial charge is 0.433 e. The van der Waals surface area contributed by atoms with Crippen LogP contribution in [0.4, 0.5) is 32.3 Å². The summed E-state index contributed by atoms with van der Waals surface area (Å²) in [5.41, 5.74) is -1.34. The van der Waals surface area contributed by atoms with Crippen molar-refractivity contribution in [3.63, 3.8) is 0 Å². The lowest BCUT2D eigenvalue weighted by atomic mass is 9.99. The number of nitrogens with zero attached hydrogens (tertiary/aromatic N) is 5. The number of aliphatic hydroxyl groups excluding tert-OH is 1. The van der Waals surface area contributed by atoms with Crippen LogP contribution in [0.5, 0.6) is 0 Å². The minimum absolute atomic E-state index is 0.0530. The molecule has 4 rings (SSSR count). The van der Waals surface area contributed by atoms with Crippen LogP contribution in [0.15, 0.2) is 18.5 Å². The average Bonchev–Trinajstić information content (AvgIpc) is 2.97. The lowest BCUT2D eigenvalue weighted by molar-refractivity contribution is -0.186. The number of aromatic nitrogens is 4. The van der Waals surface area contributed by atoms with Gasteiger partial charge in [0.15, 0.2) is 11.7 Å². The summed E-state index contributed by atoms with van der Waals surface area (Å²) in [5.74, 6) is -0.740. The van der Waals surface area contributed by atoms with E-state index in [9.17, 15) is 31.4 Å². The van der Waals surface area contributed by atoms with Crippen LogP contribution in [0.2, 0.25) is 0 Å². The van der Waals surface area contributed by atoms with E-state index in [1.807, 2.05) is 0 Å². The number of rotatable bonds is 3. The summed E-state index contributed by atoms with van der Waals surface area (Å²) >= 11 is 0. The highest BCUT2D eigenvalue weighted by Crippen LogP contribution is 2.38. The highest BCUT2D eigenvalue weighted by molar-refractivity contribution is 5.60. The Bertz CT molecular complexity index is 877. The SMILES string of the molecule is O[C@@H]1CN(c2nc(-c3cnn(C4CNC4)c3)cc(C(F)(F)F)n2)[C@H]1C(F)(F)F. The van der Waals surface area contributed by atoms with Crippen molar-refractivity contribution in [2.24, 2.45) is 0 Å². The van der Waals surface area contributed by atoms with E-state index in [1.165, 1.54) is 12.4 Å². The van der Waals surface area contributed by atoms with Crippen LogP contribution in [0.3, 0.4) is 0 Å². The van der Waals surface area contributed by atoms with Crippen molar-refractivity contribution >= 4 is 5.95 Å². The topological polar surface area (TPSA) is 79.1 Å². The fraction of sp³-hybridized carbons (Fsp3) is 0.533. The molecule has 2 aliphatic heterocycles. The van der Waals surface area contributed by atoms with E-state index < -0.39 is 42.7 Å². The highest BCUT2D eigenvalue weighted by Gasteiger charge is 2.56. The summed E-state index contributed by atoms with van der Waals surface area (Å²) in [6.45, 7) is 0.795. The second kappa shape index (κ2) is 6.30. The van der Waals surface area contributed by atoms with E-state index in [0.717, 1.165) is 0 Å². The quantitative estimate of drug-likeness (QED) is 0.752. The van der Waals surface area contributed by atoms with Crippen LogP contribution in [0.25, 0.3) is 11.3 Å². The van der Waals surface area contributed by atoms with Crippen molar-refractivity contribution in [1.29, 1.82) is 0 Å². The van der Waals surface area contributed by atoms with Gasteiger partial charge in [-0.2, -0.15) is 31.4 Å². The first kappa shape index (κ1) is 18.9. The molecule has 4 heterocycles. The molecule has 2 atom stereocenters. The molecule has 152 valence electrons. The van der Waals surface area contributed by atoms with Crippen molar-refractivity contribution in [3.05, 3.63) is 24.2 Å². The summed E-state index contributed by atoms with van der Waals surface area (Å²) in [6, 6.07) is -1.63. The zero-order valence-electron chi connectivity index (χ0n) is 14.0. The van der Waals surface area contributed by atoms with Gasteiger partial charge in [0, 0.05) is 31.4 Å². The average molecular weight is 408 g/mol. The maximum absolute atomic E-state index is 13.2. The van der Waals surface area contributed by atoms with Crippen molar-refractivity contribution in [3.8, 4) is 11.3 Å². The Labute approximate surface area is 154 Å². The summed E-state index contributed by atoms with van der Waals surface area (Å²) in [5, 5.41) is 16.5. The fourth-order valence-electron chi connectivity index (χ4n) is 3.07. The molecule has 0 radical (unpaired) electrons. The van der Waals surface area contributed by atoms with Crippen molar-refractivity contribution in [2.75, 3.05) is 24.5 Å². The predicted octanol–water partition coefficient (Wildman–Crippen LogP) is 1.61. The molecule has 0 unspecified atom stereocenters. The Morgan fingerprint density at radius 2 is 1.82 bits per heavy atom. The standard InChI is InChI=1S/C15H14F6N6O/c16-14(17,18)11-1-9(7-2-23-27(5-7)8-3-22-4-8)24-13(25-11)26-6-10(28)12(26)15(19,20)21/h1-2,5,8,10,12,22,28H,3-4,6H2/t10-,12-/m1/s1. The molecule has 0 saturated carbocycles. The third-order valence-electron chi connectivity index (χ3n) is 4.71. The van der Waals surface area contributed by atoms with E-state index in [-0.39, 0.29) is 17.3 Å². The number of β-amino-alcohol motifs (C(OH)–C–C–N with tert-alkyl or cyclic N) is 1. The van der Waals surface area contributed by atoms with Crippen LogP contribution < -0.4 is 10.2 Å². The lowest BCUT2D eigenvalue weighted by Gasteiger charge is -2.45. The molecule has 0 aromatic carbocycles. The van der Waals surface area contributed by atoms with E-state index in [2.05, 4.69) is 20.4 Å². The van der Waals surface area contributed by atoms with Gasteiger partial charge in [-0.3, -0.25) is 4.68 Å². The summed E-state index contributed by atoms with van der Waals surface area (Å²) < 4.78 is 80.5. The van der Waals surface area contributed by atoms with Crippen LogP contribution >= 0.6 is 0 Å². The second-order valence-electron chi connectivity index (χ2n) is 6.66. The van der Waals surface area contributed by atoms with Crippen LogP contribution in [0, 0.1) is 0 Å². The van der Waals surface area contributed by atoms with Crippen molar-refractivity contribution in [2.45, 2.75) is 30.5 Å². The molecule has 28 heavy (non-hydrogen) atoms. The van der Waals surface area contributed by atoms with Gasteiger partial charge in [0.1, 0.15) is 6.10 Å². The first-order valence-electron chi connectivity index (χ1n) is 8.27. The van der Waals surface area contributed by atoms with E-state index in [4.69, 9.17) is 0 Å². The van der Waals surface area contributed by atoms with Gasteiger partial charge in [-0.05, 0) is 6.07 Å². The molecule has 2 saturated heterocycles. The summed E-state index contributed by atoms with van der Waals surface area (Å²) in [6.07, 6.45) is -8.68. The zero-order valence-corrected chi connectivity index (χ0v) is 14.0. The molecule has 2 aliphatic rings. The van der Waals surface area contributed by atoms with E-state index in [0.29, 0.717) is 24.1 Å². The molecular weight excluding hydrogens is 394 g/mol. The number of nitrogens with one attached hydrogen (secondary N) is 1. The first-order valence-corrected chi connectivity index (χ1v) is 8.27. The maximum Gasteiger partial charge on any atom is 0.433 e. The molecular formula is C15H14F6N6O. The van der Waals surface area contributed by atoms with Crippen LogP contribution in [0.1, 0.15) is 11.7 Å². The molecule has 2 aromatic heterocycles. The highest BCUT2D eigenvalue weighted by atomic mass is 19.4. The van der Waals surface area contributed by atoms with Gasteiger partial charge >= 0.3 is 12.4 Å². The van der Waals surface area contributed by atoms with Gasteiger partial charge in [-0.1, -0.05) is 0 Å². The zero-order chi connectivity index (χ0) is 20.3. The number of alkyl halides is 6. The van der Waals surface area contributed by atoms with Crippen molar-refractivity contribution < 1.29 is 31.4 Å². The Kier molecular flexibility index (Phi) is 4.26. The molecule has 2 aromatic rings. The lowest BCUT2D eigenvalue weighted by Crippen LogP contribution is -2.67. The third kappa shape index (κ3) is 3.28. The maximum atomic E-state index is 13.2. The molecule has 13 heteroatoms. The molecule has 2 N–H and O–H groups in total. The Balaban J connectivity index is 1.73. The molecule has 0 bridgehead atoms. The van der Waals surface area contributed by atoms with E-state index >= 15 is 0 Å². The number of hydrogen-bond acceptors (Lipinski definition) is 6. The van der Waals surface area contributed by atoms with Crippen LogP contribution in [-0.4, -0.2) is 62.8 Å². The molecule has 0 aliphatic carbocycles. The van der Waals surface area contributed by atoms with Crippen molar-refractivity contribution in [1.82, 2.24) is 25.1 Å². The minimum Gasteiger partial charge on any atom is -0.389 e. The normalized spacial score (nSPS) is 23.5. The number of anilines is 1. The number of hydrogen-bond donors (Lipinski definition) is 2. The predicted molar refractivity (Wildman–Crippen MR) is 83.4 cm³/mol. The molecule has 0 amide bonds. The Morgan fingerprint density at radius 3 is 2.36 bits per heavy atom. The summed E-state index contributed by atoms with van der Waals surface area (Å²) in [7, 11) is 0. The van der Waals surface area contributed by atoms with E-state index in [1.54, 1.807) is 4.68 Å². The molecule has 7 nitrogen and oxygen atoms in total. The molecule has 2 fully saturated rings. The van der Waals surface area contributed by atoms with Gasteiger partial charge in [-0.15, -0.1) is 0 Å². The Morgan fingerprint density at radius 1 is 1.11 bits per heavy atom. The first-order chi connectivity index (χ1) is 13.0. The summed E-state index contributed by atoms with van der Waals surface area (Å²) in [4.78, 5) is 7.67. The van der Waals surface area contributed by atoms with Gasteiger partial charge in [0.25, 0.3) is 0 Å². The van der Waals surface area contributed by atoms with Gasteiger partial charge < -0.3 is 15.3 Å². The minimum atomic E-state index is -4.88. The fourth-order valence-corrected chi connectivity index (χ4v) is 3.07. The van der Waals surface area contributed by atoms with Gasteiger partial charge in [-0.25, -0.2) is 9.97 Å². The number of halogens is 6.